The average molecular weight is 252 g/mol. The first kappa shape index (κ1) is 11.7. The fourth-order valence-corrected chi connectivity index (χ4v) is 2.14. The van der Waals surface area contributed by atoms with Crippen LogP contribution in [0.4, 0.5) is 4.39 Å². The van der Waals surface area contributed by atoms with Crippen LogP contribution < -0.4 is 0 Å². The van der Waals surface area contributed by atoms with E-state index in [-0.39, 0.29) is 11.5 Å². The van der Waals surface area contributed by atoms with Gasteiger partial charge < -0.3 is 5.11 Å². The molecule has 0 aliphatic rings. The van der Waals surface area contributed by atoms with Crippen molar-refractivity contribution in [3.63, 3.8) is 0 Å². The number of carbonyl (C=O) groups is 1. The minimum Gasteiger partial charge on any atom is -0.477 e. The standard InChI is InChI=1S/C11H9FN2O2S/c1-17-10-6(3-2-4-7(10)12)8-5-9(11(15)16)14-13-8/h2-5H,1H3,(H,13,14)(H,15,16). The summed E-state index contributed by atoms with van der Waals surface area (Å²) in [6.45, 7) is 0. The Morgan fingerprint density at radius 3 is 2.88 bits per heavy atom. The van der Waals surface area contributed by atoms with Gasteiger partial charge in [-0.05, 0) is 18.4 Å². The summed E-state index contributed by atoms with van der Waals surface area (Å²) in [7, 11) is 0. The van der Waals surface area contributed by atoms with Crippen molar-refractivity contribution in [1.82, 2.24) is 10.2 Å². The molecule has 2 rings (SSSR count). The highest BCUT2D eigenvalue weighted by atomic mass is 32.2. The molecule has 17 heavy (non-hydrogen) atoms. The molecule has 0 radical (unpaired) electrons. The second kappa shape index (κ2) is 4.58. The van der Waals surface area contributed by atoms with E-state index in [0.29, 0.717) is 16.2 Å². The van der Waals surface area contributed by atoms with Crippen LogP contribution in [-0.2, 0) is 0 Å². The summed E-state index contributed by atoms with van der Waals surface area (Å²) >= 11 is 1.26. The second-order valence-corrected chi connectivity index (χ2v) is 4.11. The molecular weight excluding hydrogens is 243 g/mol. The zero-order valence-electron chi connectivity index (χ0n) is 8.90. The molecule has 0 aliphatic heterocycles. The molecule has 0 bridgehead atoms. The SMILES string of the molecule is CSc1c(F)cccc1-c1cc(C(=O)O)[nH]n1. The third-order valence-corrected chi connectivity index (χ3v) is 3.08. The molecule has 2 N–H and O–H groups in total. The number of hydrogen-bond donors (Lipinski definition) is 2. The van der Waals surface area contributed by atoms with Gasteiger partial charge in [0.15, 0.2) is 0 Å². The number of halogens is 1. The predicted octanol–water partition coefficient (Wildman–Crippen LogP) is 2.64. The Balaban J connectivity index is 2.52. The summed E-state index contributed by atoms with van der Waals surface area (Å²) in [5, 5.41) is 15.0. The Bertz CT molecular complexity index is 568. The molecule has 0 aliphatic carbocycles. The van der Waals surface area contributed by atoms with Crippen LogP contribution in [0.3, 0.4) is 0 Å². The van der Waals surface area contributed by atoms with Crippen LogP contribution in [0.1, 0.15) is 10.5 Å². The maximum absolute atomic E-state index is 13.5. The zero-order chi connectivity index (χ0) is 12.4. The van der Waals surface area contributed by atoms with E-state index in [1.807, 2.05) is 0 Å². The van der Waals surface area contributed by atoms with E-state index in [1.165, 1.54) is 23.9 Å². The summed E-state index contributed by atoms with van der Waals surface area (Å²) < 4.78 is 13.5. The van der Waals surface area contributed by atoms with Crippen molar-refractivity contribution in [1.29, 1.82) is 0 Å². The van der Waals surface area contributed by atoms with Gasteiger partial charge in [-0.2, -0.15) is 5.10 Å². The van der Waals surface area contributed by atoms with Crippen molar-refractivity contribution in [2.75, 3.05) is 6.26 Å². The number of nitrogens with zero attached hydrogens (tertiary/aromatic N) is 1. The van der Waals surface area contributed by atoms with Gasteiger partial charge in [0.25, 0.3) is 0 Å². The van der Waals surface area contributed by atoms with Crippen LogP contribution >= 0.6 is 11.8 Å². The summed E-state index contributed by atoms with van der Waals surface area (Å²) in [5.74, 6) is -1.43. The Labute approximate surface area is 101 Å². The number of rotatable bonds is 3. The number of aromatic carboxylic acids is 1. The van der Waals surface area contributed by atoms with Crippen molar-refractivity contribution in [2.24, 2.45) is 0 Å². The minimum absolute atomic E-state index is 0.0173. The molecule has 4 nitrogen and oxygen atoms in total. The van der Waals surface area contributed by atoms with Gasteiger partial charge in [0, 0.05) is 5.56 Å². The van der Waals surface area contributed by atoms with Gasteiger partial charge in [-0.3, -0.25) is 5.10 Å². The average Bonchev–Trinajstić information content (AvgIpc) is 2.77. The Morgan fingerprint density at radius 2 is 2.29 bits per heavy atom. The van der Waals surface area contributed by atoms with Gasteiger partial charge in [0.2, 0.25) is 0 Å². The van der Waals surface area contributed by atoms with Crippen LogP contribution in [0, 0.1) is 5.82 Å². The molecule has 0 saturated heterocycles. The summed E-state index contributed by atoms with van der Waals surface area (Å²) in [6, 6.07) is 6.02. The van der Waals surface area contributed by atoms with E-state index in [4.69, 9.17) is 5.11 Å². The maximum Gasteiger partial charge on any atom is 0.353 e. The molecular formula is C11H9FN2O2S. The highest BCUT2D eigenvalue weighted by Crippen LogP contribution is 2.31. The van der Waals surface area contributed by atoms with Crippen LogP contribution in [0.2, 0.25) is 0 Å². The lowest BCUT2D eigenvalue weighted by atomic mass is 10.1. The Morgan fingerprint density at radius 1 is 1.53 bits per heavy atom. The van der Waals surface area contributed by atoms with Crippen LogP contribution in [0.5, 0.6) is 0 Å². The van der Waals surface area contributed by atoms with Gasteiger partial charge in [-0.15, -0.1) is 11.8 Å². The van der Waals surface area contributed by atoms with Gasteiger partial charge in [-0.25, -0.2) is 9.18 Å². The topological polar surface area (TPSA) is 66.0 Å². The number of aromatic nitrogens is 2. The maximum atomic E-state index is 13.5. The van der Waals surface area contributed by atoms with Gasteiger partial charge in [0.05, 0.1) is 10.6 Å². The molecule has 6 heteroatoms. The zero-order valence-corrected chi connectivity index (χ0v) is 9.71. The fourth-order valence-electron chi connectivity index (χ4n) is 1.49. The molecule has 1 aromatic heterocycles. The van der Waals surface area contributed by atoms with Crippen LogP contribution in [-0.4, -0.2) is 27.5 Å². The number of carboxylic acids is 1. The van der Waals surface area contributed by atoms with E-state index in [2.05, 4.69) is 10.2 Å². The lowest BCUT2D eigenvalue weighted by Gasteiger charge is -2.04. The number of nitrogens with one attached hydrogen (secondary N) is 1. The Kier molecular flexibility index (Phi) is 3.14. The molecule has 1 heterocycles. The van der Waals surface area contributed by atoms with Crippen molar-refractivity contribution in [2.45, 2.75) is 4.90 Å². The van der Waals surface area contributed by atoms with E-state index < -0.39 is 5.97 Å². The van der Waals surface area contributed by atoms with Gasteiger partial charge >= 0.3 is 5.97 Å². The first-order valence-corrected chi connectivity index (χ1v) is 5.97. The van der Waals surface area contributed by atoms with Crippen molar-refractivity contribution in [3.8, 4) is 11.3 Å². The second-order valence-electron chi connectivity index (χ2n) is 3.29. The summed E-state index contributed by atoms with van der Waals surface area (Å²) in [5.41, 5.74) is 0.990. The number of aromatic amines is 1. The van der Waals surface area contributed by atoms with Crippen LogP contribution in [0.15, 0.2) is 29.2 Å². The molecule has 0 saturated carbocycles. The van der Waals surface area contributed by atoms with Gasteiger partial charge in [-0.1, -0.05) is 12.1 Å². The highest BCUT2D eigenvalue weighted by Gasteiger charge is 2.14. The third kappa shape index (κ3) is 2.16. The smallest absolute Gasteiger partial charge is 0.353 e. The highest BCUT2D eigenvalue weighted by molar-refractivity contribution is 7.98. The molecule has 0 fully saturated rings. The molecule has 0 spiro atoms. The number of H-pyrrole nitrogens is 1. The van der Waals surface area contributed by atoms with Crippen LogP contribution in [0.25, 0.3) is 11.3 Å². The van der Waals surface area contributed by atoms with E-state index in [0.717, 1.165) is 0 Å². The van der Waals surface area contributed by atoms with Crippen molar-refractivity contribution in [3.05, 3.63) is 35.8 Å². The van der Waals surface area contributed by atoms with E-state index in [9.17, 15) is 9.18 Å². The lowest BCUT2D eigenvalue weighted by molar-refractivity contribution is 0.0690. The first-order chi connectivity index (χ1) is 8.13. The lowest BCUT2D eigenvalue weighted by Crippen LogP contribution is -1.95. The van der Waals surface area contributed by atoms with Crippen molar-refractivity contribution >= 4 is 17.7 Å². The third-order valence-electron chi connectivity index (χ3n) is 2.26. The Hall–Kier alpha value is -1.82. The quantitative estimate of drug-likeness (QED) is 0.824. The molecule has 88 valence electrons. The molecule has 0 atom stereocenters. The van der Waals surface area contributed by atoms with Gasteiger partial charge in [0.1, 0.15) is 11.5 Å². The minimum atomic E-state index is -1.09. The van der Waals surface area contributed by atoms with E-state index >= 15 is 0 Å². The molecule has 1 aromatic carbocycles. The molecule has 0 unspecified atom stereocenters. The number of thioether (sulfide) groups is 1. The predicted molar refractivity (Wildman–Crippen MR) is 62.7 cm³/mol. The number of carboxylic acid groups (broad SMARTS) is 1. The normalized spacial score (nSPS) is 10.5. The summed E-state index contributed by atoms with van der Waals surface area (Å²) in [4.78, 5) is 11.2. The monoisotopic (exact) mass is 252 g/mol. The fraction of sp³-hybridized carbons (Fsp3) is 0.0909. The summed E-state index contributed by atoms with van der Waals surface area (Å²) in [6.07, 6.45) is 1.76. The van der Waals surface area contributed by atoms with E-state index in [1.54, 1.807) is 18.4 Å². The van der Waals surface area contributed by atoms with Crippen molar-refractivity contribution < 1.29 is 14.3 Å². The largest absolute Gasteiger partial charge is 0.477 e. The number of benzene rings is 1. The molecule has 2 aromatic rings. The number of hydrogen-bond acceptors (Lipinski definition) is 3. The first-order valence-electron chi connectivity index (χ1n) is 4.75. The molecule has 0 amide bonds.